The third kappa shape index (κ3) is 8.87. The van der Waals surface area contributed by atoms with E-state index in [4.69, 9.17) is 5.73 Å². The summed E-state index contributed by atoms with van der Waals surface area (Å²) >= 11 is 1.47. The molecular formula is C28H33N5O6S. The van der Waals surface area contributed by atoms with Crippen LogP contribution >= 0.6 is 11.8 Å². The second-order valence-electron chi connectivity index (χ2n) is 9.25. The molecule has 4 amide bonds. The van der Waals surface area contributed by atoms with Crippen LogP contribution in [0.4, 0.5) is 0 Å². The Hall–Kier alpha value is -4.32. The summed E-state index contributed by atoms with van der Waals surface area (Å²) in [5.74, 6) is -3.59. The van der Waals surface area contributed by atoms with E-state index >= 15 is 0 Å². The Morgan fingerprint density at radius 3 is 2.23 bits per heavy atom. The Morgan fingerprint density at radius 2 is 1.55 bits per heavy atom. The highest BCUT2D eigenvalue weighted by atomic mass is 32.2. The van der Waals surface area contributed by atoms with Crippen molar-refractivity contribution in [1.29, 1.82) is 0 Å². The molecule has 1 aromatic heterocycles. The zero-order valence-corrected chi connectivity index (χ0v) is 22.8. The van der Waals surface area contributed by atoms with Gasteiger partial charge in [0.2, 0.25) is 23.6 Å². The van der Waals surface area contributed by atoms with E-state index in [1.54, 1.807) is 36.5 Å². The molecule has 3 rings (SSSR count). The molecule has 0 radical (unpaired) electrons. The third-order valence-electron chi connectivity index (χ3n) is 6.24. The first-order valence-corrected chi connectivity index (χ1v) is 14.1. The first kappa shape index (κ1) is 30.2. The average molecular weight is 568 g/mol. The summed E-state index contributed by atoms with van der Waals surface area (Å²) < 4.78 is 0. The maximum absolute atomic E-state index is 13.2. The molecule has 7 N–H and O–H groups in total. The number of aromatic amines is 1. The number of aromatic nitrogens is 1. The SMILES string of the molecule is CSCC[C@H](NC(=O)Cc1c[nH]c2ccccc12)C(=O)N[C@@H](CC(=O)O)C(=O)N[C@@H](Cc1ccccc1)C(N)=O. The third-order valence-corrected chi connectivity index (χ3v) is 6.89. The Balaban J connectivity index is 1.69. The van der Waals surface area contributed by atoms with Crippen LogP contribution in [0.25, 0.3) is 10.9 Å². The molecule has 0 fully saturated rings. The number of carboxylic acids is 1. The Labute approximate surface area is 235 Å². The number of thioether (sulfide) groups is 1. The molecule has 0 bridgehead atoms. The summed E-state index contributed by atoms with van der Waals surface area (Å²) in [6.45, 7) is 0. The monoisotopic (exact) mass is 567 g/mol. The zero-order chi connectivity index (χ0) is 29.1. The van der Waals surface area contributed by atoms with E-state index < -0.39 is 54.1 Å². The molecule has 3 aromatic rings. The second kappa shape index (κ2) is 14.7. The van der Waals surface area contributed by atoms with Gasteiger partial charge in [0, 0.05) is 23.5 Å². The number of hydrogen-bond acceptors (Lipinski definition) is 6. The summed E-state index contributed by atoms with van der Waals surface area (Å²) in [5.41, 5.74) is 7.85. The van der Waals surface area contributed by atoms with Gasteiger partial charge in [0.25, 0.3) is 0 Å². The van der Waals surface area contributed by atoms with Gasteiger partial charge >= 0.3 is 5.97 Å². The van der Waals surface area contributed by atoms with Gasteiger partial charge in [-0.05, 0) is 35.6 Å². The lowest BCUT2D eigenvalue weighted by Gasteiger charge is -2.24. The van der Waals surface area contributed by atoms with Crippen molar-refractivity contribution in [2.75, 3.05) is 12.0 Å². The fourth-order valence-corrected chi connectivity index (χ4v) is 4.67. The molecule has 0 unspecified atom stereocenters. The second-order valence-corrected chi connectivity index (χ2v) is 10.2. The Kier molecular flexibility index (Phi) is 11.1. The minimum atomic E-state index is -1.50. The van der Waals surface area contributed by atoms with Gasteiger partial charge in [0.05, 0.1) is 12.8 Å². The van der Waals surface area contributed by atoms with Crippen molar-refractivity contribution in [3.8, 4) is 0 Å². The number of aliphatic carboxylic acids is 1. The highest BCUT2D eigenvalue weighted by Gasteiger charge is 2.30. The molecule has 2 aromatic carbocycles. The van der Waals surface area contributed by atoms with Crippen LogP contribution in [0.3, 0.4) is 0 Å². The van der Waals surface area contributed by atoms with Crippen molar-refractivity contribution >= 4 is 52.3 Å². The molecule has 11 nitrogen and oxygen atoms in total. The molecule has 1 heterocycles. The summed E-state index contributed by atoms with van der Waals surface area (Å²) in [6, 6.07) is 12.7. The Morgan fingerprint density at radius 1 is 0.900 bits per heavy atom. The van der Waals surface area contributed by atoms with Gasteiger partial charge in [-0.15, -0.1) is 0 Å². The van der Waals surface area contributed by atoms with Crippen molar-refractivity contribution in [3.63, 3.8) is 0 Å². The number of nitrogens with one attached hydrogen (secondary N) is 4. The summed E-state index contributed by atoms with van der Waals surface area (Å²) in [4.78, 5) is 65.7. The number of carbonyl (C=O) groups excluding carboxylic acids is 4. The van der Waals surface area contributed by atoms with Crippen LogP contribution < -0.4 is 21.7 Å². The molecule has 12 heteroatoms. The molecule has 0 aliphatic rings. The Bertz CT molecular complexity index is 1350. The fourth-order valence-electron chi connectivity index (χ4n) is 4.20. The van der Waals surface area contributed by atoms with E-state index in [0.717, 1.165) is 22.0 Å². The van der Waals surface area contributed by atoms with Crippen molar-refractivity contribution < 1.29 is 29.1 Å². The quantitative estimate of drug-likeness (QED) is 0.159. The number of hydrogen-bond donors (Lipinski definition) is 6. The van der Waals surface area contributed by atoms with Crippen LogP contribution in [0, 0.1) is 0 Å². The number of benzene rings is 2. The smallest absolute Gasteiger partial charge is 0.305 e. The lowest BCUT2D eigenvalue weighted by Crippen LogP contribution is -2.57. The number of nitrogens with two attached hydrogens (primary N) is 1. The molecule has 212 valence electrons. The molecule has 0 saturated carbocycles. The van der Waals surface area contributed by atoms with Crippen LogP contribution in [-0.4, -0.2) is 69.8 Å². The van der Waals surface area contributed by atoms with E-state index in [-0.39, 0.29) is 19.3 Å². The highest BCUT2D eigenvalue weighted by Crippen LogP contribution is 2.18. The van der Waals surface area contributed by atoms with Crippen molar-refractivity contribution in [2.45, 2.75) is 43.8 Å². The van der Waals surface area contributed by atoms with Crippen molar-refractivity contribution in [3.05, 3.63) is 71.9 Å². The average Bonchev–Trinajstić information content (AvgIpc) is 3.33. The molecule has 0 aliphatic heterocycles. The van der Waals surface area contributed by atoms with E-state index in [0.29, 0.717) is 5.75 Å². The van der Waals surface area contributed by atoms with Gasteiger partial charge in [-0.2, -0.15) is 11.8 Å². The van der Waals surface area contributed by atoms with Crippen LogP contribution in [-0.2, 0) is 36.8 Å². The number of para-hydroxylation sites is 1. The lowest BCUT2D eigenvalue weighted by atomic mass is 10.0. The number of fused-ring (bicyclic) bond motifs is 1. The number of carbonyl (C=O) groups is 5. The van der Waals surface area contributed by atoms with Gasteiger partial charge in [-0.1, -0.05) is 48.5 Å². The largest absolute Gasteiger partial charge is 0.481 e. The van der Waals surface area contributed by atoms with Crippen molar-refractivity contribution in [1.82, 2.24) is 20.9 Å². The van der Waals surface area contributed by atoms with E-state index in [2.05, 4.69) is 20.9 Å². The van der Waals surface area contributed by atoms with Gasteiger partial charge in [0.1, 0.15) is 18.1 Å². The molecule has 40 heavy (non-hydrogen) atoms. The fraction of sp³-hybridized carbons (Fsp3) is 0.321. The first-order valence-electron chi connectivity index (χ1n) is 12.7. The predicted octanol–water partition coefficient (Wildman–Crippen LogP) is 1.12. The highest BCUT2D eigenvalue weighted by molar-refractivity contribution is 7.98. The molecule has 0 saturated heterocycles. The number of H-pyrrole nitrogens is 1. The summed E-state index contributed by atoms with van der Waals surface area (Å²) in [6.07, 6.45) is 3.22. The van der Waals surface area contributed by atoms with Gasteiger partial charge in [-0.3, -0.25) is 24.0 Å². The summed E-state index contributed by atoms with van der Waals surface area (Å²) in [7, 11) is 0. The molecule has 0 aliphatic carbocycles. The van der Waals surface area contributed by atoms with Crippen LogP contribution in [0.1, 0.15) is 24.0 Å². The normalized spacial score (nSPS) is 13.1. The standard InChI is InChI=1S/C28H33N5O6S/c1-40-12-11-21(31-24(34)14-18-16-30-20-10-6-5-9-19(18)20)27(38)33-23(15-25(35)36)28(39)32-22(26(29)37)13-17-7-3-2-4-8-17/h2-10,16,21-23,30H,11-15H2,1H3,(H2,29,37)(H,31,34)(H,32,39)(H,33,38)(H,35,36)/t21-,22-,23-/m0/s1. The van der Waals surface area contributed by atoms with E-state index in [1.165, 1.54) is 11.8 Å². The number of rotatable bonds is 15. The van der Waals surface area contributed by atoms with E-state index in [1.807, 2.05) is 30.5 Å². The van der Waals surface area contributed by atoms with Crippen LogP contribution in [0.5, 0.6) is 0 Å². The predicted molar refractivity (Wildman–Crippen MR) is 152 cm³/mol. The van der Waals surface area contributed by atoms with Crippen molar-refractivity contribution in [2.24, 2.45) is 5.73 Å². The molecule has 0 spiro atoms. The minimum Gasteiger partial charge on any atom is -0.481 e. The van der Waals surface area contributed by atoms with Crippen LogP contribution in [0.2, 0.25) is 0 Å². The first-order chi connectivity index (χ1) is 19.2. The number of carboxylic acid groups (broad SMARTS) is 1. The van der Waals surface area contributed by atoms with Gasteiger partial charge < -0.3 is 31.8 Å². The van der Waals surface area contributed by atoms with Gasteiger partial charge in [0.15, 0.2) is 0 Å². The zero-order valence-electron chi connectivity index (χ0n) is 22.0. The lowest BCUT2D eigenvalue weighted by molar-refractivity contribution is -0.141. The van der Waals surface area contributed by atoms with Gasteiger partial charge in [-0.25, -0.2) is 0 Å². The van der Waals surface area contributed by atoms with E-state index in [9.17, 15) is 29.1 Å². The summed E-state index contributed by atoms with van der Waals surface area (Å²) in [5, 5.41) is 17.9. The maximum Gasteiger partial charge on any atom is 0.305 e. The van der Waals surface area contributed by atoms with Crippen LogP contribution in [0.15, 0.2) is 60.8 Å². The molecular weight excluding hydrogens is 534 g/mol. The number of amides is 4. The minimum absolute atomic E-state index is 0.0197. The maximum atomic E-state index is 13.2. The topological polar surface area (TPSA) is 183 Å². The number of primary amides is 1. The molecule has 3 atom stereocenters.